The molecule has 0 aliphatic carbocycles. The maximum absolute atomic E-state index is 12.8. The SMILES string of the molecule is CC1CCN(C(=O)c2cc(NC(=O)c3cccnc3Cl)c(=O)n(C)c2)CC1. The Labute approximate surface area is 162 Å². The molecule has 2 amide bonds. The first-order valence-electron chi connectivity index (χ1n) is 8.78. The van der Waals surface area contributed by atoms with Crippen LogP contribution < -0.4 is 10.9 Å². The third kappa shape index (κ3) is 4.19. The van der Waals surface area contributed by atoms with Crippen molar-refractivity contribution in [3.8, 4) is 0 Å². The molecule has 7 nitrogen and oxygen atoms in total. The molecule has 1 aliphatic rings. The summed E-state index contributed by atoms with van der Waals surface area (Å²) in [5.41, 5.74) is 0.132. The zero-order chi connectivity index (χ0) is 19.6. The van der Waals surface area contributed by atoms with Crippen LogP contribution in [0.15, 0.2) is 35.4 Å². The normalized spacial score (nSPS) is 14.9. The average Bonchev–Trinajstić information content (AvgIpc) is 2.65. The second-order valence-electron chi connectivity index (χ2n) is 6.83. The second-order valence-corrected chi connectivity index (χ2v) is 7.19. The first-order chi connectivity index (χ1) is 12.9. The van der Waals surface area contributed by atoms with Crippen molar-refractivity contribution in [2.45, 2.75) is 19.8 Å². The number of nitrogens with one attached hydrogen (secondary N) is 1. The summed E-state index contributed by atoms with van der Waals surface area (Å²) in [7, 11) is 1.55. The summed E-state index contributed by atoms with van der Waals surface area (Å²) in [6.45, 7) is 3.55. The summed E-state index contributed by atoms with van der Waals surface area (Å²) in [6.07, 6.45) is 4.88. The van der Waals surface area contributed by atoms with Crippen molar-refractivity contribution in [2.24, 2.45) is 13.0 Å². The number of nitrogens with zero attached hydrogens (tertiary/aromatic N) is 3. The fourth-order valence-electron chi connectivity index (χ4n) is 3.06. The molecular formula is C19H21ClN4O3. The number of carbonyl (C=O) groups is 2. The van der Waals surface area contributed by atoms with Crippen molar-refractivity contribution in [1.29, 1.82) is 0 Å². The van der Waals surface area contributed by atoms with Gasteiger partial charge in [-0.2, -0.15) is 0 Å². The van der Waals surface area contributed by atoms with Crippen LogP contribution in [-0.4, -0.2) is 39.4 Å². The molecule has 0 aromatic carbocycles. The number of carbonyl (C=O) groups excluding carboxylic acids is 2. The Hall–Kier alpha value is -2.67. The van der Waals surface area contributed by atoms with E-state index in [1.807, 2.05) is 0 Å². The van der Waals surface area contributed by atoms with E-state index in [4.69, 9.17) is 11.6 Å². The number of piperidine rings is 1. The number of aryl methyl sites for hydroxylation is 1. The average molecular weight is 389 g/mol. The zero-order valence-corrected chi connectivity index (χ0v) is 16.0. The summed E-state index contributed by atoms with van der Waals surface area (Å²) >= 11 is 5.94. The molecule has 2 aromatic rings. The number of amides is 2. The lowest BCUT2D eigenvalue weighted by Gasteiger charge is -2.30. The van der Waals surface area contributed by atoms with Crippen LogP contribution in [-0.2, 0) is 7.05 Å². The van der Waals surface area contributed by atoms with Crippen molar-refractivity contribution in [1.82, 2.24) is 14.5 Å². The minimum absolute atomic E-state index is 0.0265. The van der Waals surface area contributed by atoms with Gasteiger partial charge in [-0.1, -0.05) is 18.5 Å². The smallest absolute Gasteiger partial charge is 0.274 e. The fraction of sp³-hybridized carbons (Fsp3) is 0.368. The zero-order valence-electron chi connectivity index (χ0n) is 15.2. The molecule has 1 fully saturated rings. The molecule has 8 heteroatoms. The van der Waals surface area contributed by atoms with E-state index < -0.39 is 11.5 Å². The van der Waals surface area contributed by atoms with E-state index in [2.05, 4.69) is 17.2 Å². The van der Waals surface area contributed by atoms with Gasteiger partial charge in [0.25, 0.3) is 17.4 Å². The molecule has 0 bridgehead atoms. The molecule has 0 radical (unpaired) electrons. The minimum atomic E-state index is -0.554. The van der Waals surface area contributed by atoms with Crippen LogP contribution in [0.2, 0.25) is 5.15 Å². The van der Waals surface area contributed by atoms with E-state index in [1.165, 1.54) is 29.1 Å². The number of hydrogen-bond donors (Lipinski definition) is 1. The summed E-state index contributed by atoms with van der Waals surface area (Å²) in [5, 5.41) is 2.59. The summed E-state index contributed by atoms with van der Waals surface area (Å²) in [5.74, 6) is -0.0951. The van der Waals surface area contributed by atoms with Crippen LogP contribution >= 0.6 is 11.6 Å². The number of pyridine rings is 2. The maximum Gasteiger partial charge on any atom is 0.274 e. The molecule has 0 saturated carbocycles. The lowest BCUT2D eigenvalue weighted by Crippen LogP contribution is -2.38. The van der Waals surface area contributed by atoms with Crippen LogP contribution in [0.1, 0.15) is 40.5 Å². The summed E-state index contributed by atoms with van der Waals surface area (Å²) in [6, 6.07) is 4.51. The van der Waals surface area contributed by atoms with Gasteiger partial charge < -0.3 is 14.8 Å². The standard InChI is InChI=1S/C19H21ClN4O3/c1-12-5-8-24(9-6-12)18(26)13-10-15(19(27)23(2)11-13)22-17(25)14-4-3-7-21-16(14)20/h3-4,7,10-12H,5-6,8-9H2,1-2H3,(H,22,25). The van der Waals surface area contributed by atoms with E-state index in [-0.39, 0.29) is 22.3 Å². The number of halogens is 1. The maximum atomic E-state index is 12.8. The van der Waals surface area contributed by atoms with Crippen LogP contribution in [0.4, 0.5) is 5.69 Å². The molecule has 1 saturated heterocycles. The van der Waals surface area contributed by atoms with E-state index in [9.17, 15) is 14.4 Å². The highest BCUT2D eigenvalue weighted by Crippen LogP contribution is 2.19. The van der Waals surface area contributed by atoms with E-state index in [1.54, 1.807) is 18.0 Å². The first kappa shape index (κ1) is 19.1. The molecule has 0 spiro atoms. The number of aromatic nitrogens is 2. The molecule has 1 N–H and O–H groups in total. The van der Waals surface area contributed by atoms with Gasteiger partial charge in [-0.15, -0.1) is 0 Å². The lowest BCUT2D eigenvalue weighted by molar-refractivity contribution is 0.0696. The Balaban J connectivity index is 1.86. The Bertz CT molecular complexity index is 933. The molecule has 0 unspecified atom stereocenters. The first-order valence-corrected chi connectivity index (χ1v) is 9.16. The predicted octanol–water partition coefficient (Wildman–Crippen LogP) is 2.56. The van der Waals surface area contributed by atoms with Crippen LogP contribution in [0.3, 0.4) is 0 Å². The van der Waals surface area contributed by atoms with Gasteiger partial charge in [0.2, 0.25) is 0 Å². The highest BCUT2D eigenvalue weighted by atomic mass is 35.5. The molecule has 1 aliphatic heterocycles. The highest BCUT2D eigenvalue weighted by Gasteiger charge is 2.23. The van der Waals surface area contributed by atoms with Crippen molar-refractivity contribution >= 4 is 29.1 Å². The van der Waals surface area contributed by atoms with Gasteiger partial charge in [0.05, 0.1) is 11.1 Å². The van der Waals surface area contributed by atoms with Crippen molar-refractivity contribution in [3.05, 3.63) is 57.2 Å². The lowest BCUT2D eigenvalue weighted by atomic mass is 9.99. The molecular weight excluding hydrogens is 368 g/mol. The van der Waals surface area contributed by atoms with Crippen LogP contribution in [0, 0.1) is 5.92 Å². The van der Waals surface area contributed by atoms with Gasteiger partial charge in [-0.25, -0.2) is 4.98 Å². The fourth-order valence-corrected chi connectivity index (χ4v) is 3.26. The predicted molar refractivity (Wildman–Crippen MR) is 103 cm³/mol. The third-order valence-electron chi connectivity index (χ3n) is 4.75. The minimum Gasteiger partial charge on any atom is -0.339 e. The molecule has 27 heavy (non-hydrogen) atoms. The monoisotopic (exact) mass is 388 g/mol. The van der Waals surface area contributed by atoms with E-state index in [0.29, 0.717) is 24.6 Å². The topological polar surface area (TPSA) is 84.3 Å². The highest BCUT2D eigenvalue weighted by molar-refractivity contribution is 6.33. The van der Waals surface area contributed by atoms with Gasteiger partial charge in [-0.3, -0.25) is 14.4 Å². The Morgan fingerprint density at radius 3 is 2.67 bits per heavy atom. The van der Waals surface area contributed by atoms with Crippen molar-refractivity contribution in [2.75, 3.05) is 18.4 Å². The van der Waals surface area contributed by atoms with Gasteiger partial charge in [0.15, 0.2) is 0 Å². The van der Waals surface area contributed by atoms with Crippen LogP contribution in [0.5, 0.6) is 0 Å². The molecule has 3 rings (SSSR count). The Morgan fingerprint density at radius 1 is 1.30 bits per heavy atom. The molecule has 3 heterocycles. The molecule has 0 atom stereocenters. The Kier molecular flexibility index (Phi) is 5.60. The number of anilines is 1. The number of likely N-dealkylation sites (tertiary alicyclic amines) is 1. The quantitative estimate of drug-likeness (QED) is 0.819. The summed E-state index contributed by atoms with van der Waals surface area (Å²) in [4.78, 5) is 43.3. The van der Waals surface area contributed by atoms with Crippen molar-refractivity contribution < 1.29 is 9.59 Å². The number of hydrogen-bond acceptors (Lipinski definition) is 4. The number of rotatable bonds is 3. The molecule has 2 aromatic heterocycles. The second kappa shape index (κ2) is 7.92. The van der Waals surface area contributed by atoms with Gasteiger partial charge in [-0.05, 0) is 37.0 Å². The van der Waals surface area contributed by atoms with Gasteiger partial charge in [0.1, 0.15) is 10.8 Å². The summed E-state index contributed by atoms with van der Waals surface area (Å²) < 4.78 is 1.29. The Morgan fingerprint density at radius 2 is 2.00 bits per heavy atom. The largest absolute Gasteiger partial charge is 0.339 e. The van der Waals surface area contributed by atoms with Gasteiger partial charge >= 0.3 is 0 Å². The van der Waals surface area contributed by atoms with Crippen LogP contribution in [0.25, 0.3) is 0 Å². The van der Waals surface area contributed by atoms with Crippen molar-refractivity contribution in [3.63, 3.8) is 0 Å². The van der Waals surface area contributed by atoms with Gasteiger partial charge in [0, 0.05) is 32.5 Å². The van der Waals surface area contributed by atoms with E-state index >= 15 is 0 Å². The third-order valence-corrected chi connectivity index (χ3v) is 5.05. The molecule has 142 valence electrons. The van der Waals surface area contributed by atoms with E-state index in [0.717, 1.165) is 12.8 Å².